The van der Waals surface area contributed by atoms with E-state index in [0.29, 0.717) is 10.9 Å². The average molecular weight is 350 g/mol. The number of halogens is 1. The minimum Gasteiger partial charge on any atom is -0.449 e. The molecule has 23 heavy (non-hydrogen) atoms. The van der Waals surface area contributed by atoms with Gasteiger partial charge >= 0.3 is 5.97 Å². The number of ether oxygens (including phenoxy) is 1. The lowest BCUT2D eigenvalue weighted by molar-refractivity contribution is 0.0281. The first-order valence-corrected chi connectivity index (χ1v) is 7.93. The molecule has 0 aliphatic heterocycles. The molecule has 0 bridgehead atoms. The van der Waals surface area contributed by atoms with E-state index in [1.54, 1.807) is 13.0 Å². The lowest BCUT2D eigenvalue weighted by Gasteiger charge is -2.10. The Bertz CT molecular complexity index is 832. The second-order valence-corrected chi connectivity index (χ2v) is 6.09. The zero-order valence-electron chi connectivity index (χ0n) is 12.0. The number of thiophene rings is 1. The zero-order chi connectivity index (χ0) is 16.4. The van der Waals surface area contributed by atoms with Crippen LogP contribution in [0.2, 0.25) is 5.02 Å². The number of anilines is 1. The monoisotopic (exact) mass is 349 g/mol. The summed E-state index contributed by atoms with van der Waals surface area (Å²) in [6.07, 6.45) is -0.696. The SMILES string of the molecule is C[C@H](OC(=O)c1ccc(Cl)cc1N)c1nnc(-c2cccs2)o1. The van der Waals surface area contributed by atoms with Gasteiger partial charge in [0.05, 0.1) is 10.4 Å². The number of nitrogens with two attached hydrogens (primary N) is 1. The number of nitrogen functional groups attached to an aromatic ring is 1. The van der Waals surface area contributed by atoms with E-state index < -0.39 is 12.1 Å². The van der Waals surface area contributed by atoms with E-state index in [1.807, 2.05) is 17.5 Å². The van der Waals surface area contributed by atoms with Crippen LogP contribution in [0.3, 0.4) is 0 Å². The van der Waals surface area contributed by atoms with Crippen LogP contribution in [0, 0.1) is 0 Å². The van der Waals surface area contributed by atoms with E-state index in [1.165, 1.54) is 23.5 Å². The molecule has 1 aromatic carbocycles. The Labute approximate surface area is 140 Å². The topological polar surface area (TPSA) is 91.2 Å². The Morgan fingerprint density at radius 1 is 1.39 bits per heavy atom. The van der Waals surface area contributed by atoms with E-state index in [-0.39, 0.29) is 17.1 Å². The van der Waals surface area contributed by atoms with E-state index >= 15 is 0 Å². The number of hydrogen-bond acceptors (Lipinski definition) is 7. The predicted molar refractivity (Wildman–Crippen MR) is 87.3 cm³/mol. The highest BCUT2D eigenvalue weighted by molar-refractivity contribution is 7.13. The summed E-state index contributed by atoms with van der Waals surface area (Å²) < 4.78 is 10.9. The fraction of sp³-hybridized carbons (Fsp3) is 0.133. The van der Waals surface area contributed by atoms with Crippen LogP contribution in [0.4, 0.5) is 5.69 Å². The highest BCUT2D eigenvalue weighted by atomic mass is 35.5. The van der Waals surface area contributed by atoms with Gasteiger partial charge in [-0.15, -0.1) is 21.5 Å². The van der Waals surface area contributed by atoms with Crippen LogP contribution in [0.1, 0.15) is 29.3 Å². The molecule has 2 N–H and O–H groups in total. The molecule has 0 spiro atoms. The first-order chi connectivity index (χ1) is 11.0. The number of aromatic nitrogens is 2. The summed E-state index contributed by atoms with van der Waals surface area (Å²) >= 11 is 7.29. The molecule has 6 nitrogen and oxygen atoms in total. The maximum absolute atomic E-state index is 12.2. The summed E-state index contributed by atoms with van der Waals surface area (Å²) in [7, 11) is 0. The Balaban J connectivity index is 1.74. The molecule has 2 heterocycles. The van der Waals surface area contributed by atoms with Gasteiger partial charge in [0.2, 0.25) is 0 Å². The van der Waals surface area contributed by atoms with Crippen molar-refractivity contribution >= 4 is 34.6 Å². The van der Waals surface area contributed by atoms with Gasteiger partial charge in [-0.2, -0.15) is 0 Å². The molecule has 0 radical (unpaired) electrons. The van der Waals surface area contributed by atoms with Crippen molar-refractivity contribution in [3.63, 3.8) is 0 Å². The number of esters is 1. The summed E-state index contributed by atoms with van der Waals surface area (Å²) in [6.45, 7) is 1.65. The maximum Gasteiger partial charge on any atom is 0.341 e. The molecule has 0 aliphatic rings. The fourth-order valence-corrected chi connectivity index (χ4v) is 2.72. The van der Waals surface area contributed by atoms with Gasteiger partial charge in [0.15, 0.2) is 6.10 Å². The van der Waals surface area contributed by atoms with Gasteiger partial charge in [-0.25, -0.2) is 4.79 Å². The third kappa shape index (κ3) is 3.35. The molecule has 8 heteroatoms. The minimum absolute atomic E-state index is 0.217. The first kappa shape index (κ1) is 15.5. The van der Waals surface area contributed by atoms with E-state index in [0.717, 1.165) is 4.88 Å². The lowest BCUT2D eigenvalue weighted by atomic mass is 10.2. The second kappa shape index (κ2) is 6.39. The van der Waals surface area contributed by atoms with E-state index in [9.17, 15) is 4.79 Å². The van der Waals surface area contributed by atoms with Gasteiger partial charge in [0.1, 0.15) is 0 Å². The highest BCUT2D eigenvalue weighted by Crippen LogP contribution is 2.27. The quantitative estimate of drug-likeness (QED) is 0.566. The summed E-state index contributed by atoms with van der Waals surface area (Å²) in [5.74, 6) is 0.0285. The van der Waals surface area contributed by atoms with Gasteiger partial charge in [-0.3, -0.25) is 0 Å². The van der Waals surface area contributed by atoms with Gasteiger partial charge in [-0.1, -0.05) is 17.7 Å². The van der Waals surface area contributed by atoms with Gasteiger partial charge < -0.3 is 14.9 Å². The molecule has 0 saturated carbocycles. The van der Waals surface area contributed by atoms with Crippen LogP contribution in [0.15, 0.2) is 40.1 Å². The smallest absolute Gasteiger partial charge is 0.341 e. The molecule has 3 aromatic rings. The molecule has 3 rings (SSSR count). The Morgan fingerprint density at radius 3 is 2.91 bits per heavy atom. The summed E-state index contributed by atoms with van der Waals surface area (Å²) in [4.78, 5) is 13.0. The zero-order valence-corrected chi connectivity index (χ0v) is 13.6. The van der Waals surface area contributed by atoms with Crippen molar-refractivity contribution < 1.29 is 13.9 Å². The second-order valence-electron chi connectivity index (χ2n) is 4.70. The van der Waals surface area contributed by atoms with Crippen molar-refractivity contribution in [3.8, 4) is 10.8 Å². The molecule has 0 amide bonds. The van der Waals surface area contributed by atoms with E-state index in [4.69, 9.17) is 26.5 Å². The number of nitrogens with zero attached hydrogens (tertiary/aromatic N) is 2. The Hall–Kier alpha value is -2.38. The van der Waals surface area contributed by atoms with Crippen LogP contribution < -0.4 is 5.73 Å². The third-order valence-electron chi connectivity index (χ3n) is 3.04. The molecule has 0 unspecified atom stereocenters. The fourth-order valence-electron chi connectivity index (χ4n) is 1.89. The van der Waals surface area contributed by atoms with E-state index in [2.05, 4.69) is 10.2 Å². The molecule has 0 fully saturated rings. The molecule has 2 aromatic heterocycles. The standard InChI is InChI=1S/C15H12ClN3O3S/c1-8(13-18-19-14(22-13)12-3-2-6-23-12)21-15(20)10-5-4-9(16)7-11(10)17/h2-8H,17H2,1H3/t8-/m0/s1. The molecule has 118 valence electrons. The maximum atomic E-state index is 12.2. The van der Waals surface area contributed by atoms with Gasteiger partial charge in [0, 0.05) is 10.7 Å². The molecule has 0 aliphatic carbocycles. The average Bonchev–Trinajstić information content (AvgIpc) is 3.18. The summed E-state index contributed by atoms with van der Waals surface area (Å²) in [6, 6.07) is 8.33. The Kier molecular flexibility index (Phi) is 4.31. The first-order valence-electron chi connectivity index (χ1n) is 6.68. The summed E-state index contributed by atoms with van der Waals surface area (Å²) in [5, 5.41) is 10.2. The summed E-state index contributed by atoms with van der Waals surface area (Å²) in [5.41, 5.74) is 6.25. The predicted octanol–water partition coefficient (Wildman–Crippen LogP) is 3.95. The van der Waals surface area contributed by atoms with Crippen molar-refractivity contribution in [2.75, 3.05) is 5.73 Å². The number of rotatable bonds is 4. The number of carbonyl (C=O) groups is 1. The van der Waals surface area contributed by atoms with Gasteiger partial charge in [-0.05, 0) is 36.6 Å². The molecule has 0 saturated heterocycles. The third-order valence-corrected chi connectivity index (χ3v) is 4.13. The van der Waals surface area contributed by atoms with Crippen molar-refractivity contribution in [2.24, 2.45) is 0 Å². The van der Waals surface area contributed by atoms with Crippen LogP contribution in [-0.2, 0) is 4.74 Å². The molecule has 1 atom stereocenters. The molecular formula is C15H12ClN3O3S. The van der Waals surface area contributed by atoms with Crippen molar-refractivity contribution in [1.29, 1.82) is 0 Å². The normalized spacial score (nSPS) is 12.1. The van der Waals surface area contributed by atoms with Gasteiger partial charge in [0.25, 0.3) is 11.8 Å². The highest BCUT2D eigenvalue weighted by Gasteiger charge is 2.21. The van der Waals surface area contributed by atoms with Crippen LogP contribution in [0.5, 0.6) is 0 Å². The van der Waals surface area contributed by atoms with Crippen molar-refractivity contribution in [2.45, 2.75) is 13.0 Å². The lowest BCUT2D eigenvalue weighted by Crippen LogP contribution is -2.11. The van der Waals surface area contributed by atoms with Crippen molar-refractivity contribution in [3.05, 3.63) is 52.2 Å². The number of carbonyl (C=O) groups excluding carboxylic acids is 1. The Morgan fingerprint density at radius 2 is 2.22 bits per heavy atom. The van der Waals surface area contributed by atoms with Crippen LogP contribution in [-0.4, -0.2) is 16.2 Å². The number of benzene rings is 1. The molecular weight excluding hydrogens is 338 g/mol. The van der Waals surface area contributed by atoms with Crippen molar-refractivity contribution in [1.82, 2.24) is 10.2 Å². The van der Waals surface area contributed by atoms with Crippen LogP contribution >= 0.6 is 22.9 Å². The minimum atomic E-state index is -0.696. The largest absolute Gasteiger partial charge is 0.449 e. The van der Waals surface area contributed by atoms with Crippen LogP contribution in [0.25, 0.3) is 10.8 Å². The number of hydrogen-bond donors (Lipinski definition) is 1.